The number of urea groups is 1. The first kappa shape index (κ1) is 9.57. The Labute approximate surface area is 76.3 Å². The van der Waals surface area contributed by atoms with Crippen molar-refractivity contribution in [2.45, 2.75) is 26.2 Å². The van der Waals surface area contributed by atoms with Crippen LogP contribution in [-0.4, -0.2) is 16.8 Å². The van der Waals surface area contributed by atoms with Gasteiger partial charge in [-0.15, -0.1) is 0 Å². The van der Waals surface area contributed by atoms with E-state index in [0.29, 0.717) is 12.1 Å². The van der Waals surface area contributed by atoms with Crippen LogP contribution in [0.15, 0.2) is 16.4 Å². The fraction of sp³-hybridized carbons (Fsp3) is 0.500. The summed E-state index contributed by atoms with van der Waals surface area (Å²) in [6.07, 6.45) is 2.28. The predicted octanol–water partition coefficient (Wildman–Crippen LogP) is 1.03. The minimum absolute atomic E-state index is 0.205. The normalized spacial score (nSPS) is 19.6. The van der Waals surface area contributed by atoms with Gasteiger partial charge in [0.2, 0.25) is 0 Å². The minimum atomic E-state index is -0.717. The molecule has 5 nitrogen and oxygen atoms in total. The Morgan fingerprint density at radius 2 is 2.38 bits per heavy atom. The summed E-state index contributed by atoms with van der Waals surface area (Å²) in [5.41, 5.74) is 8.41. The van der Waals surface area contributed by atoms with Gasteiger partial charge in [0.15, 0.2) is 0 Å². The summed E-state index contributed by atoms with van der Waals surface area (Å²) in [4.78, 5) is 10.3. The number of aliphatic hydroxyl groups is 1. The van der Waals surface area contributed by atoms with Gasteiger partial charge in [-0.1, -0.05) is 6.92 Å². The Hall–Kier alpha value is -1.52. The van der Waals surface area contributed by atoms with Crippen LogP contribution >= 0.6 is 0 Å². The molecular weight excluding hydrogens is 170 g/mol. The summed E-state index contributed by atoms with van der Waals surface area (Å²) in [5, 5.41) is 13.2. The lowest BCUT2D eigenvalue weighted by Gasteiger charge is -1.97. The number of nitrogens with two attached hydrogens (primary N) is 1. The summed E-state index contributed by atoms with van der Waals surface area (Å²) >= 11 is 0. The first-order valence-corrected chi connectivity index (χ1v) is 4.18. The lowest BCUT2D eigenvalue weighted by atomic mass is 10.2. The Morgan fingerprint density at radius 3 is 2.85 bits per heavy atom. The number of hydrazone groups is 1. The van der Waals surface area contributed by atoms with Crippen LogP contribution in [0.4, 0.5) is 4.79 Å². The molecule has 0 saturated carbocycles. The molecule has 2 amide bonds. The van der Waals surface area contributed by atoms with Crippen LogP contribution in [0.25, 0.3) is 0 Å². The number of carbonyl (C=O) groups is 1. The fourth-order valence-corrected chi connectivity index (χ4v) is 1.29. The molecule has 0 aromatic heterocycles. The van der Waals surface area contributed by atoms with Crippen LogP contribution in [0.3, 0.4) is 0 Å². The SMILES string of the molecule is CCC1=C(O)/C(=N/NC(N)=O)CC1. The van der Waals surface area contributed by atoms with Gasteiger partial charge in [0, 0.05) is 0 Å². The van der Waals surface area contributed by atoms with Crippen molar-refractivity contribution < 1.29 is 9.90 Å². The van der Waals surface area contributed by atoms with Gasteiger partial charge in [0.25, 0.3) is 0 Å². The van der Waals surface area contributed by atoms with Gasteiger partial charge >= 0.3 is 6.03 Å². The lowest BCUT2D eigenvalue weighted by Crippen LogP contribution is -2.25. The largest absolute Gasteiger partial charge is 0.506 e. The average molecular weight is 183 g/mol. The van der Waals surface area contributed by atoms with Crippen molar-refractivity contribution in [3.8, 4) is 0 Å². The number of rotatable bonds is 2. The van der Waals surface area contributed by atoms with E-state index in [2.05, 4.69) is 10.5 Å². The highest BCUT2D eigenvalue weighted by atomic mass is 16.3. The Kier molecular flexibility index (Phi) is 2.89. The van der Waals surface area contributed by atoms with Gasteiger partial charge in [-0.2, -0.15) is 5.10 Å². The van der Waals surface area contributed by atoms with Crippen LogP contribution in [-0.2, 0) is 0 Å². The number of hydrogen-bond acceptors (Lipinski definition) is 3. The molecule has 0 unspecified atom stereocenters. The zero-order valence-electron chi connectivity index (χ0n) is 7.50. The predicted molar refractivity (Wildman–Crippen MR) is 49.3 cm³/mol. The van der Waals surface area contributed by atoms with Crippen molar-refractivity contribution in [3.05, 3.63) is 11.3 Å². The molecular formula is C8H13N3O2. The minimum Gasteiger partial charge on any atom is -0.506 e. The molecule has 13 heavy (non-hydrogen) atoms. The van der Waals surface area contributed by atoms with Crippen molar-refractivity contribution >= 4 is 11.7 Å². The second-order valence-corrected chi connectivity index (χ2v) is 2.84. The second-order valence-electron chi connectivity index (χ2n) is 2.84. The van der Waals surface area contributed by atoms with Crippen LogP contribution in [0, 0.1) is 0 Å². The Balaban J connectivity index is 2.69. The van der Waals surface area contributed by atoms with Crippen molar-refractivity contribution in [1.29, 1.82) is 0 Å². The highest BCUT2D eigenvalue weighted by Crippen LogP contribution is 2.23. The monoisotopic (exact) mass is 183 g/mol. The van der Waals surface area contributed by atoms with Gasteiger partial charge in [0.05, 0.1) is 0 Å². The van der Waals surface area contributed by atoms with Gasteiger partial charge in [-0.25, -0.2) is 10.2 Å². The molecule has 1 rings (SSSR count). The fourth-order valence-electron chi connectivity index (χ4n) is 1.29. The summed E-state index contributed by atoms with van der Waals surface area (Å²) in [6, 6.07) is -0.717. The van der Waals surface area contributed by atoms with Crippen LogP contribution < -0.4 is 11.2 Å². The van der Waals surface area contributed by atoms with E-state index in [1.807, 2.05) is 6.92 Å². The maximum atomic E-state index is 10.3. The third-order valence-electron chi connectivity index (χ3n) is 2.00. The number of nitrogens with one attached hydrogen (secondary N) is 1. The van der Waals surface area contributed by atoms with Crippen LogP contribution in [0.2, 0.25) is 0 Å². The molecule has 0 atom stereocenters. The zero-order chi connectivity index (χ0) is 9.84. The summed E-state index contributed by atoms with van der Waals surface area (Å²) in [7, 11) is 0. The number of amides is 2. The molecule has 0 radical (unpaired) electrons. The van der Waals surface area contributed by atoms with E-state index < -0.39 is 6.03 Å². The molecule has 0 heterocycles. The molecule has 1 aliphatic carbocycles. The van der Waals surface area contributed by atoms with E-state index in [9.17, 15) is 9.90 Å². The quantitative estimate of drug-likeness (QED) is 0.558. The number of carbonyl (C=O) groups excluding carboxylic acids is 1. The van der Waals surface area contributed by atoms with E-state index in [0.717, 1.165) is 18.4 Å². The smallest absolute Gasteiger partial charge is 0.332 e. The molecule has 0 aromatic carbocycles. The standard InChI is InChI=1S/C8H13N3O2/c1-2-5-3-4-6(7(5)12)10-11-8(9)13/h12H,2-4H2,1H3,(H3,9,11,13)/b10-6+. The highest BCUT2D eigenvalue weighted by molar-refractivity contribution is 6.01. The third kappa shape index (κ3) is 2.21. The van der Waals surface area contributed by atoms with Gasteiger partial charge in [-0.05, 0) is 24.8 Å². The lowest BCUT2D eigenvalue weighted by molar-refractivity contribution is 0.249. The molecule has 0 bridgehead atoms. The molecule has 5 heteroatoms. The maximum Gasteiger partial charge on any atom is 0.332 e. The molecule has 4 N–H and O–H groups in total. The van der Waals surface area contributed by atoms with Crippen LogP contribution in [0.5, 0.6) is 0 Å². The Bertz CT molecular complexity index is 281. The van der Waals surface area contributed by atoms with E-state index in [-0.39, 0.29) is 5.76 Å². The van der Waals surface area contributed by atoms with E-state index in [1.165, 1.54) is 0 Å². The van der Waals surface area contributed by atoms with E-state index in [4.69, 9.17) is 5.73 Å². The number of allylic oxidation sites excluding steroid dienone is 2. The molecule has 0 aliphatic heterocycles. The summed E-state index contributed by atoms with van der Waals surface area (Å²) < 4.78 is 0. The molecule has 0 aromatic rings. The summed E-state index contributed by atoms with van der Waals surface area (Å²) in [5.74, 6) is 0.205. The summed E-state index contributed by atoms with van der Waals surface area (Å²) in [6.45, 7) is 1.97. The molecule has 1 aliphatic rings. The van der Waals surface area contributed by atoms with Crippen molar-refractivity contribution in [3.63, 3.8) is 0 Å². The van der Waals surface area contributed by atoms with Crippen LogP contribution in [0.1, 0.15) is 26.2 Å². The molecule has 72 valence electrons. The number of hydrogen-bond donors (Lipinski definition) is 3. The molecule has 0 saturated heterocycles. The molecule has 0 fully saturated rings. The molecule has 0 spiro atoms. The second kappa shape index (κ2) is 3.93. The average Bonchev–Trinajstić information content (AvgIpc) is 2.43. The zero-order valence-corrected chi connectivity index (χ0v) is 7.50. The number of aliphatic hydroxyl groups excluding tert-OH is 1. The highest BCUT2D eigenvalue weighted by Gasteiger charge is 2.19. The van der Waals surface area contributed by atoms with E-state index >= 15 is 0 Å². The number of nitrogens with zero attached hydrogens (tertiary/aromatic N) is 1. The van der Waals surface area contributed by atoms with Gasteiger partial charge in [-0.3, -0.25) is 0 Å². The van der Waals surface area contributed by atoms with Crippen molar-refractivity contribution in [1.82, 2.24) is 5.43 Å². The Morgan fingerprint density at radius 1 is 1.69 bits per heavy atom. The van der Waals surface area contributed by atoms with Gasteiger partial charge in [0.1, 0.15) is 11.5 Å². The first-order chi connectivity index (χ1) is 6.15. The van der Waals surface area contributed by atoms with E-state index in [1.54, 1.807) is 0 Å². The first-order valence-electron chi connectivity index (χ1n) is 4.18. The number of primary amides is 1. The maximum absolute atomic E-state index is 10.3. The van der Waals surface area contributed by atoms with Crippen molar-refractivity contribution in [2.24, 2.45) is 10.8 Å². The topological polar surface area (TPSA) is 87.7 Å². The van der Waals surface area contributed by atoms with Gasteiger partial charge < -0.3 is 10.8 Å². The third-order valence-corrected chi connectivity index (χ3v) is 2.00. The van der Waals surface area contributed by atoms with Crippen molar-refractivity contribution in [2.75, 3.05) is 0 Å².